The van der Waals surface area contributed by atoms with Gasteiger partial charge in [0.05, 0.1) is 5.75 Å². The summed E-state index contributed by atoms with van der Waals surface area (Å²) in [5, 5.41) is 11.4. The van der Waals surface area contributed by atoms with E-state index in [1.54, 1.807) is 18.2 Å². The van der Waals surface area contributed by atoms with Gasteiger partial charge < -0.3 is 14.4 Å². The van der Waals surface area contributed by atoms with Crippen LogP contribution in [0.15, 0.2) is 51.7 Å². The summed E-state index contributed by atoms with van der Waals surface area (Å²) in [6.45, 7) is 3.02. The molecule has 4 rings (SSSR count). The first-order chi connectivity index (χ1) is 14.2. The molecule has 1 heterocycles. The lowest BCUT2D eigenvalue weighted by molar-refractivity contribution is 0.479. The summed E-state index contributed by atoms with van der Waals surface area (Å²) < 4.78 is 36.8. The average Bonchev–Trinajstić information content (AvgIpc) is 2.69. The molecule has 0 saturated heterocycles. The average molecular weight is 428 g/mol. The third-order valence-corrected chi connectivity index (χ3v) is 5.80. The van der Waals surface area contributed by atoms with Crippen molar-refractivity contribution in [3.05, 3.63) is 52.7 Å². The van der Waals surface area contributed by atoms with Gasteiger partial charge in [0.25, 0.3) is 10.1 Å². The van der Waals surface area contributed by atoms with Gasteiger partial charge in [0, 0.05) is 41.7 Å². The summed E-state index contributed by atoms with van der Waals surface area (Å²) in [5.41, 5.74) is 2.55. The molecule has 156 valence electrons. The fraction of sp³-hybridized carbons (Fsp3) is 0.238. The molecule has 1 aromatic heterocycles. The van der Waals surface area contributed by atoms with Crippen LogP contribution >= 0.6 is 0 Å². The highest BCUT2D eigenvalue weighted by molar-refractivity contribution is 7.85. The van der Waals surface area contributed by atoms with Crippen LogP contribution in [0.4, 0.5) is 5.69 Å². The van der Waals surface area contributed by atoms with E-state index in [0.717, 1.165) is 5.69 Å². The highest BCUT2D eigenvalue weighted by Gasteiger charge is 2.13. The Kier molecular flexibility index (Phi) is 5.08. The van der Waals surface area contributed by atoms with E-state index in [1.807, 2.05) is 17.9 Å². The number of phenols is 1. The molecule has 3 aromatic carbocycles. The van der Waals surface area contributed by atoms with Crippen LogP contribution < -0.4 is 10.3 Å². The van der Waals surface area contributed by atoms with Gasteiger partial charge in [0.1, 0.15) is 16.8 Å². The number of rotatable bonds is 6. The molecule has 0 aliphatic heterocycles. The smallest absolute Gasteiger partial charge is 0.264 e. The summed E-state index contributed by atoms with van der Waals surface area (Å²) in [4.78, 5) is 18.4. The second-order valence-corrected chi connectivity index (χ2v) is 8.61. The van der Waals surface area contributed by atoms with Crippen molar-refractivity contribution in [2.75, 3.05) is 23.7 Å². The van der Waals surface area contributed by atoms with Gasteiger partial charge in [-0.1, -0.05) is 0 Å². The molecule has 0 bridgehead atoms. The topological polar surface area (TPSA) is 121 Å². The van der Waals surface area contributed by atoms with E-state index in [-0.39, 0.29) is 23.4 Å². The van der Waals surface area contributed by atoms with Crippen molar-refractivity contribution in [1.29, 1.82) is 0 Å². The van der Waals surface area contributed by atoms with Gasteiger partial charge in [-0.3, -0.25) is 9.35 Å². The predicted molar refractivity (Wildman–Crippen MR) is 116 cm³/mol. The third kappa shape index (κ3) is 3.94. The summed E-state index contributed by atoms with van der Waals surface area (Å²) >= 11 is 0. The van der Waals surface area contributed by atoms with Crippen molar-refractivity contribution in [3.63, 3.8) is 0 Å². The minimum absolute atomic E-state index is 0.000970. The molecule has 0 aliphatic rings. The number of anilines is 1. The van der Waals surface area contributed by atoms with Gasteiger partial charge in [-0.2, -0.15) is 8.42 Å². The van der Waals surface area contributed by atoms with Crippen LogP contribution in [-0.4, -0.2) is 41.9 Å². The Balaban J connectivity index is 1.78. The molecule has 0 unspecified atom stereocenters. The minimum Gasteiger partial charge on any atom is -0.507 e. The predicted octanol–water partition coefficient (Wildman–Crippen LogP) is 3.30. The summed E-state index contributed by atoms with van der Waals surface area (Å²) in [6.07, 6.45) is 0.287. The fourth-order valence-corrected chi connectivity index (χ4v) is 4.05. The maximum absolute atomic E-state index is 11.8. The maximum atomic E-state index is 11.8. The number of fused-ring (bicyclic) bond motifs is 4. The number of hydrogen-bond donors (Lipinski definition) is 2. The molecule has 0 aliphatic carbocycles. The molecular formula is C21H20N2O6S. The summed E-state index contributed by atoms with van der Waals surface area (Å²) in [7, 11) is -4.00. The standard InChI is InChI=1S/C21H20N2O6S/c1-2-23(8-3-9-30(26,27)28)13-4-7-17-19(10-13)29-20-12-18(25)15-6-5-14(24)11-16(15)21(20)22-17/h4-7,10-12,25H,2-3,8-9H2,1H3,(H,26,27,28). The number of aromatic hydroxyl groups is 1. The van der Waals surface area contributed by atoms with E-state index in [0.29, 0.717) is 46.1 Å². The highest BCUT2D eigenvalue weighted by Crippen LogP contribution is 2.33. The normalized spacial score (nSPS) is 12.1. The Labute approximate surface area is 172 Å². The van der Waals surface area contributed by atoms with Crippen molar-refractivity contribution in [2.45, 2.75) is 13.3 Å². The second-order valence-electron chi connectivity index (χ2n) is 7.03. The molecule has 8 nitrogen and oxygen atoms in total. The molecule has 2 N–H and O–H groups in total. The van der Waals surface area contributed by atoms with E-state index in [9.17, 15) is 18.3 Å². The fourth-order valence-electron chi connectivity index (χ4n) is 3.56. The molecule has 9 heteroatoms. The van der Waals surface area contributed by atoms with Gasteiger partial charge in [-0.05, 0) is 43.7 Å². The molecule has 0 atom stereocenters. The summed E-state index contributed by atoms with van der Waals surface area (Å²) in [5.74, 6) is -0.305. The van der Waals surface area contributed by atoms with Crippen molar-refractivity contribution < 1.29 is 22.5 Å². The zero-order valence-electron chi connectivity index (χ0n) is 16.2. The number of hydrogen-bond acceptors (Lipinski definition) is 7. The Morgan fingerprint density at radius 3 is 2.60 bits per heavy atom. The molecule has 0 radical (unpaired) electrons. The second kappa shape index (κ2) is 7.58. The van der Waals surface area contributed by atoms with Crippen LogP contribution in [0.5, 0.6) is 5.75 Å². The van der Waals surface area contributed by atoms with Crippen LogP contribution in [0.3, 0.4) is 0 Å². The van der Waals surface area contributed by atoms with Gasteiger partial charge in [0.15, 0.2) is 16.6 Å². The quantitative estimate of drug-likeness (QED) is 0.273. The summed E-state index contributed by atoms with van der Waals surface area (Å²) in [6, 6.07) is 11.3. The van der Waals surface area contributed by atoms with E-state index in [1.165, 1.54) is 18.2 Å². The van der Waals surface area contributed by atoms with Crippen LogP contribution in [0.1, 0.15) is 13.3 Å². The Hall–Kier alpha value is -3.17. The van der Waals surface area contributed by atoms with Gasteiger partial charge in [-0.15, -0.1) is 0 Å². The number of phenolic OH excluding ortho intramolecular Hbond substituents is 1. The number of benzene rings is 3. The lowest BCUT2D eigenvalue weighted by Crippen LogP contribution is -2.25. The highest BCUT2D eigenvalue weighted by atomic mass is 32.2. The monoisotopic (exact) mass is 428 g/mol. The molecule has 0 saturated carbocycles. The number of aromatic nitrogens is 1. The van der Waals surface area contributed by atoms with E-state index < -0.39 is 10.1 Å². The molecular weight excluding hydrogens is 408 g/mol. The maximum Gasteiger partial charge on any atom is 0.264 e. The molecule has 0 amide bonds. The number of nitrogens with zero attached hydrogens (tertiary/aromatic N) is 2. The first-order valence-corrected chi connectivity index (χ1v) is 11.1. The van der Waals surface area contributed by atoms with Gasteiger partial charge in [-0.25, -0.2) is 4.98 Å². The van der Waals surface area contributed by atoms with Crippen LogP contribution in [0.2, 0.25) is 0 Å². The molecule has 30 heavy (non-hydrogen) atoms. The largest absolute Gasteiger partial charge is 0.507 e. The van der Waals surface area contributed by atoms with Crippen LogP contribution in [0.25, 0.3) is 33.0 Å². The first kappa shape index (κ1) is 20.1. The van der Waals surface area contributed by atoms with Gasteiger partial charge in [0.2, 0.25) is 0 Å². The van der Waals surface area contributed by atoms with E-state index in [2.05, 4.69) is 4.98 Å². The lowest BCUT2D eigenvalue weighted by atomic mass is 10.1. The Morgan fingerprint density at radius 2 is 1.87 bits per heavy atom. The lowest BCUT2D eigenvalue weighted by Gasteiger charge is -2.23. The van der Waals surface area contributed by atoms with E-state index >= 15 is 0 Å². The zero-order valence-corrected chi connectivity index (χ0v) is 17.0. The van der Waals surface area contributed by atoms with E-state index in [4.69, 9.17) is 8.97 Å². The van der Waals surface area contributed by atoms with Gasteiger partial charge >= 0.3 is 0 Å². The molecule has 0 fully saturated rings. The SMILES string of the molecule is CCN(CCCS(=O)(=O)O)c1ccc2nc3c(cc(O)c4ccc(=O)cc43)oc2c1. The molecule has 4 aromatic rings. The minimum atomic E-state index is -4.00. The molecule has 0 spiro atoms. The van der Waals surface area contributed by atoms with Crippen molar-refractivity contribution in [2.24, 2.45) is 0 Å². The first-order valence-electron chi connectivity index (χ1n) is 9.45. The van der Waals surface area contributed by atoms with Crippen molar-refractivity contribution in [1.82, 2.24) is 4.98 Å². The van der Waals surface area contributed by atoms with Crippen LogP contribution in [-0.2, 0) is 10.1 Å². The van der Waals surface area contributed by atoms with Crippen molar-refractivity contribution in [3.8, 4) is 5.75 Å². The van der Waals surface area contributed by atoms with Crippen molar-refractivity contribution >= 4 is 48.8 Å². The Bertz CT molecular complexity index is 1430. The third-order valence-electron chi connectivity index (χ3n) is 5.00. The Morgan fingerprint density at radius 1 is 1.07 bits per heavy atom. The van der Waals surface area contributed by atoms with Crippen LogP contribution in [0, 0.1) is 0 Å². The zero-order chi connectivity index (χ0) is 21.5.